The zero-order valence-electron chi connectivity index (χ0n) is 12.7. The van der Waals surface area contributed by atoms with Crippen LogP contribution in [0.5, 0.6) is 0 Å². The Bertz CT molecular complexity index is 547. The first-order chi connectivity index (χ1) is 9.16. The molecule has 1 aliphatic rings. The predicted octanol–water partition coefficient (Wildman–Crippen LogP) is 3.45. The SMILES string of the molecule is CC(=O)c1cccc(NC(=O)NC2C(C)(C)C2(C)C)c1. The van der Waals surface area contributed by atoms with E-state index in [1.54, 1.807) is 24.3 Å². The Kier molecular flexibility index (Phi) is 3.36. The Morgan fingerprint density at radius 3 is 2.20 bits per heavy atom. The van der Waals surface area contributed by atoms with Crippen LogP contribution in [0.2, 0.25) is 0 Å². The minimum absolute atomic E-state index is 0.0153. The summed E-state index contributed by atoms with van der Waals surface area (Å²) in [5, 5.41) is 5.78. The lowest BCUT2D eigenvalue weighted by atomic mass is 10.0. The summed E-state index contributed by atoms with van der Waals surface area (Å²) in [6, 6.07) is 6.89. The van der Waals surface area contributed by atoms with Gasteiger partial charge in [-0.05, 0) is 29.9 Å². The lowest BCUT2D eigenvalue weighted by Gasteiger charge is -2.09. The van der Waals surface area contributed by atoms with Gasteiger partial charge in [0.15, 0.2) is 5.78 Å². The van der Waals surface area contributed by atoms with Crippen LogP contribution in [0.25, 0.3) is 0 Å². The summed E-state index contributed by atoms with van der Waals surface area (Å²) in [6.07, 6.45) is 0. The highest BCUT2D eigenvalue weighted by atomic mass is 16.2. The summed E-state index contributed by atoms with van der Waals surface area (Å²) in [5.74, 6) is -0.0153. The molecule has 0 unspecified atom stereocenters. The zero-order valence-corrected chi connectivity index (χ0v) is 12.7. The second-order valence-electron chi connectivity index (χ2n) is 6.61. The van der Waals surface area contributed by atoms with Gasteiger partial charge in [-0.15, -0.1) is 0 Å². The Hall–Kier alpha value is -1.84. The molecule has 2 N–H and O–H groups in total. The fourth-order valence-corrected chi connectivity index (χ4v) is 2.67. The zero-order chi connectivity index (χ0) is 15.1. The number of ketones is 1. The van der Waals surface area contributed by atoms with Crippen molar-refractivity contribution in [2.45, 2.75) is 40.7 Å². The molecule has 2 rings (SSSR count). The number of rotatable bonds is 3. The molecule has 4 nitrogen and oxygen atoms in total. The summed E-state index contributed by atoms with van der Waals surface area (Å²) in [6.45, 7) is 10.1. The van der Waals surface area contributed by atoms with E-state index in [1.807, 2.05) is 0 Å². The third-order valence-electron chi connectivity index (χ3n) is 4.82. The molecular weight excluding hydrogens is 252 g/mol. The number of urea groups is 1. The van der Waals surface area contributed by atoms with Gasteiger partial charge in [0.05, 0.1) is 0 Å². The summed E-state index contributed by atoms with van der Waals surface area (Å²) >= 11 is 0. The van der Waals surface area contributed by atoms with E-state index in [2.05, 4.69) is 38.3 Å². The molecule has 0 bridgehead atoms. The van der Waals surface area contributed by atoms with E-state index in [1.165, 1.54) is 6.92 Å². The molecule has 1 aromatic carbocycles. The van der Waals surface area contributed by atoms with Crippen molar-refractivity contribution in [1.82, 2.24) is 5.32 Å². The topological polar surface area (TPSA) is 58.2 Å². The van der Waals surface area contributed by atoms with E-state index in [-0.39, 0.29) is 28.7 Å². The molecular formula is C16H22N2O2. The Morgan fingerprint density at radius 1 is 1.10 bits per heavy atom. The van der Waals surface area contributed by atoms with E-state index in [4.69, 9.17) is 0 Å². The van der Waals surface area contributed by atoms with Crippen molar-refractivity contribution >= 4 is 17.5 Å². The fourth-order valence-electron chi connectivity index (χ4n) is 2.67. The molecule has 0 radical (unpaired) electrons. The van der Waals surface area contributed by atoms with Crippen molar-refractivity contribution < 1.29 is 9.59 Å². The van der Waals surface area contributed by atoms with Crippen LogP contribution < -0.4 is 10.6 Å². The molecule has 2 amide bonds. The average molecular weight is 274 g/mol. The maximum absolute atomic E-state index is 12.0. The molecule has 4 heteroatoms. The number of anilines is 1. The second kappa shape index (κ2) is 4.62. The maximum atomic E-state index is 12.0. The first-order valence-corrected chi connectivity index (χ1v) is 6.85. The van der Waals surface area contributed by atoms with Crippen molar-refractivity contribution in [3.8, 4) is 0 Å². The van der Waals surface area contributed by atoms with Gasteiger partial charge in [-0.25, -0.2) is 4.79 Å². The van der Waals surface area contributed by atoms with Crippen LogP contribution in [-0.2, 0) is 0 Å². The number of nitrogens with one attached hydrogen (secondary N) is 2. The normalized spacial score (nSPS) is 19.2. The molecule has 1 fully saturated rings. The van der Waals surface area contributed by atoms with E-state index >= 15 is 0 Å². The third kappa shape index (κ3) is 2.42. The van der Waals surface area contributed by atoms with Gasteiger partial charge in [-0.1, -0.05) is 39.8 Å². The maximum Gasteiger partial charge on any atom is 0.319 e. The number of benzene rings is 1. The quantitative estimate of drug-likeness (QED) is 0.829. The minimum atomic E-state index is -0.227. The first-order valence-electron chi connectivity index (χ1n) is 6.85. The lowest BCUT2D eigenvalue weighted by Crippen LogP contribution is -2.33. The van der Waals surface area contributed by atoms with Gasteiger partial charge in [0.2, 0.25) is 0 Å². The number of hydrogen-bond donors (Lipinski definition) is 2. The second-order valence-corrected chi connectivity index (χ2v) is 6.61. The largest absolute Gasteiger partial charge is 0.334 e. The van der Waals surface area contributed by atoms with Crippen LogP contribution in [-0.4, -0.2) is 17.9 Å². The molecule has 1 aromatic rings. The van der Waals surface area contributed by atoms with E-state index in [0.29, 0.717) is 11.3 Å². The smallest absolute Gasteiger partial charge is 0.319 e. The van der Waals surface area contributed by atoms with Crippen molar-refractivity contribution in [1.29, 1.82) is 0 Å². The van der Waals surface area contributed by atoms with E-state index in [0.717, 1.165) is 0 Å². The molecule has 0 atom stereocenters. The number of carbonyl (C=O) groups excluding carboxylic acids is 2. The van der Waals surface area contributed by atoms with Gasteiger partial charge < -0.3 is 10.6 Å². The molecule has 0 saturated heterocycles. The van der Waals surface area contributed by atoms with Crippen LogP contribution in [0, 0.1) is 10.8 Å². The van der Waals surface area contributed by atoms with Crippen LogP contribution in [0.15, 0.2) is 24.3 Å². The summed E-state index contributed by atoms with van der Waals surface area (Å²) < 4.78 is 0. The summed E-state index contributed by atoms with van der Waals surface area (Å²) in [7, 11) is 0. The fraction of sp³-hybridized carbons (Fsp3) is 0.500. The molecule has 0 aromatic heterocycles. The Morgan fingerprint density at radius 2 is 1.70 bits per heavy atom. The highest BCUT2D eigenvalue weighted by Gasteiger charge is 2.65. The number of carbonyl (C=O) groups is 2. The van der Waals surface area contributed by atoms with Crippen molar-refractivity contribution in [2.24, 2.45) is 10.8 Å². The van der Waals surface area contributed by atoms with E-state index in [9.17, 15) is 9.59 Å². The van der Waals surface area contributed by atoms with Gasteiger partial charge in [-0.2, -0.15) is 0 Å². The van der Waals surface area contributed by atoms with Gasteiger partial charge in [0.25, 0.3) is 0 Å². The van der Waals surface area contributed by atoms with Crippen LogP contribution in [0.1, 0.15) is 45.0 Å². The molecule has 1 saturated carbocycles. The molecule has 0 aliphatic heterocycles. The molecule has 1 aliphatic carbocycles. The summed E-state index contributed by atoms with van der Waals surface area (Å²) in [4.78, 5) is 23.3. The van der Waals surface area contributed by atoms with Crippen LogP contribution >= 0.6 is 0 Å². The Labute approximate surface area is 119 Å². The van der Waals surface area contributed by atoms with E-state index < -0.39 is 0 Å². The lowest BCUT2D eigenvalue weighted by molar-refractivity contribution is 0.101. The standard InChI is InChI=1S/C16H22N2O2/c1-10(19)11-7-6-8-12(9-11)17-14(20)18-13-15(2,3)16(13,4)5/h6-9,13H,1-5H3,(H2,17,18,20). The van der Waals surface area contributed by atoms with Gasteiger partial charge in [-0.3, -0.25) is 4.79 Å². The van der Waals surface area contributed by atoms with Crippen LogP contribution in [0.4, 0.5) is 10.5 Å². The average Bonchev–Trinajstić information content (AvgIpc) is 2.72. The van der Waals surface area contributed by atoms with Gasteiger partial charge in [0.1, 0.15) is 0 Å². The van der Waals surface area contributed by atoms with Crippen molar-refractivity contribution in [2.75, 3.05) is 5.32 Å². The molecule has 108 valence electrons. The molecule has 0 spiro atoms. The van der Waals surface area contributed by atoms with Crippen molar-refractivity contribution in [3.05, 3.63) is 29.8 Å². The van der Waals surface area contributed by atoms with Crippen LogP contribution in [0.3, 0.4) is 0 Å². The number of Topliss-reactive ketones (excluding diaryl/α,β-unsaturated/α-hetero) is 1. The van der Waals surface area contributed by atoms with Crippen molar-refractivity contribution in [3.63, 3.8) is 0 Å². The van der Waals surface area contributed by atoms with Gasteiger partial charge in [0, 0.05) is 17.3 Å². The van der Waals surface area contributed by atoms with Gasteiger partial charge >= 0.3 is 6.03 Å². The first kappa shape index (κ1) is 14.6. The minimum Gasteiger partial charge on any atom is -0.334 e. The molecule has 20 heavy (non-hydrogen) atoms. The predicted molar refractivity (Wildman–Crippen MR) is 80.0 cm³/mol. The summed E-state index contributed by atoms with van der Waals surface area (Å²) in [5.41, 5.74) is 1.43. The monoisotopic (exact) mass is 274 g/mol. The third-order valence-corrected chi connectivity index (χ3v) is 4.82. The highest BCUT2D eigenvalue weighted by molar-refractivity contribution is 5.96. The highest BCUT2D eigenvalue weighted by Crippen LogP contribution is 2.62. The number of amides is 2. The molecule has 0 heterocycles. The number of hydrogen-bond acceptors (Lipinski definition) is 2. The Balaban J connectivity index is 2.00.